The van der Waals surface area contributed by atoms with E-state index in [9.17, 15) is 4.79 Å². The molecule has 2 N–H and O–H groups in total. The molecule has 5 rings (SSSR count). The summed E-state index contributed by atoms with van der Waals surface area (Å²) in [6, 6.07) is 15.2. The van der Waals surface area contributed by atoms with Gasteiger partial charge in [-0.15, -0.1) is 0 Å². The van der Waals surface area contributed by atoms with Gasteiger partial charge in [0.05, 0.1) is 35.0 Å². The van der Waals surface area contributed by atoms with E-state index in [0.29, 0.717) is 28.7 Å². The van der Waals surface area contributed by atoms with E-state index in [1.807, 2.05) is 35.8 Å². The van der Waals surface area contributed by atoms with E-state index in [4.69, 9.17) is 11.6 Å². The monoisotopic (exact) mass is 457 g/mol. The Bertz CT molecular complexity index is 1480. The van der Waals surface area contributed by atoms with Crippen molar-refractivity contribution in [2.45, 2.75) is 19.5 Å². The van der Waals surface area contributed by atoms with Crippen molar-refractivity contribution in [3.8, 4) is 11.4 Å². The molecule has 164 valence electrons. The minimum Gasteiger partial charge on any atom is -0.347 e. The van der Waals surface area contributed by atoms with Crippen LogP contribution in [0.4, 0.5) is 5.95 Å². The molecule has 0 unspecified atom stereocenters. The van der Waals surface area contributed by atoms with Gasteiger partial charge in [-0.1, -0.05) is 41.9 Å². The van der Waals surface area contributed by atoms with E-state index in [0.717, 1.165) is 16.8 Å². The molecule has 0 saturated carbocycles. The van der Waals surface area contributed by atoms with E-state index < -0.39 is 0 Å². The number of nitrogens with zero attached hydrogens (tertiary/aromatic N) is 5. The highest BCUT2D eigenvalue weighted by Crippen LogP contribution is 2.22. The lowest BCUT2D eigenvalue weighted by atomic mass is 10.1. The van der Waals surface area contributed by atoms with Gasteiger partial charge in [0, 0.05) is 29.9 Å². The fourth-order valence-corrected chi connectivity index (χ4v) is 3.85. The van der Waals surface area contributed by atoms with Crippen molar-refractivity contribution in [1.82, 2.24) is 29.5 Å². The summed E-state index contributed by atoms with van der Waals surface area (Å²) < 4.78 is 2.04. The summed E-state index contributed by atoms with van der Waals surface area (Å²) in [5, 5.41) is 4.48. The van der Waals surface area contributed by atoms with Crippen LogP contribution in [0.5, 0.6) is 0 Å². The molecule has 1 aromatic carbocycles. The molecule has 9 heteroatoms. The van der Waals surface area contributed by atoms with E-state index in [2.05, 4.69) is 42.4 Å². The van der Waals surface area contributed by atoms with Crippen LogP contribution in [0.25, 0.3) is 22.4 Å². The first kappa shape index (κ1) is 20.8. The second-order valence-corrected chi connectivity index (χ2v) is 8.11. The molecule has 1 atom stereocenters. The van der Waals surface area contributed by atoms with Crippen molar-refractivity contribution >= 4 is 28.6 Å². The Labute approximate surface area is 194 Å². The molecule has 0 bridgehead atoms. The molecule has 0 fully saturated rings. The maximum absolute atomic E-state index is 12.6. The van der Waals surface area contributed by atoms with Crippen molar-refractivity contribution in [2.24, 2.45) is 0 Å². The van der Waals surface area contributed by atoms with Crippen LogP contribution in [0.2, 0.25) is 5.02 Å². The number of benzene rings is 1. The molecule has 0 aliphatic heterocycles. The number of hydrogen-bond acceptors (Lipinski definition) is 6. The molecule has 0 saturated heterocycles. The molecule has 33 heavy (non-hydrogen) atoms. The fraction of sp³-hybridized carbons (Fsp3) is 0.125. The van der Waals surface area contributed by atoms with Gasteiger partial charge in [-0.2, -0.15) is 0 Å². The van der Waals surface area contributed by atoms with Crippen LogP contribution in [0, 0.1) is 0 Å². The summed E-state index contributed by atoms with van der Waals surface area (Å²) in [7, 11) is 0. The van der Waals surface area contributed by atoms with Crippen molar-refractivity contribution in [3.63, 3.8) is 0 Å². The highest BCUT2D eigenvalue weighted by atomic mass is 35.5. The number of fused-ring (bicyclic) bond motifs is 1. The summed E-state index contributed by atoms with van der Waals surface area (Å²) >= 11 is 6.05. The zero-order valence-electron chi connectivity index (χ0n) is 17.7. The number of H-pyrrole nitrogens is 1. The molecule has 0 aliphatic rings. The Balaban J connectivity index is 1.41. The smallest absolute Gasteiger partial charge is 0.254 e. The molecule has 0 aliphatic carbocycles. The number of pyridine rings is 2. The van der Waals surface area contributed by atoms with Crippen LogP contribution in [-0.2, 0) is 6.54 Å². The predicted octanol–water partition coefficient (Wildman–Crippen LogP) is 4.45. The van der Waals surface area contributed by atoms with E-state index in [1.165, 1.54) is 11.8 Å². The van der Waals surface area contributed by atoms with Crippen molar-refractivity contribution < 1.29 is 0 Å². The zero-order chi connectivity index (χ0) is 22.8. The minimum absolute atomic E-state index is 0.227. The molecule has 0 amide bonds. The Hall–Kier alpha value is -4.04. The summed E-state index contributed by atoms with van der Waals surface area (Å²) in [6.45, 7) is 2.56. The first-order valence-corrected chi connectivity index (χ1v) is 10.8. The third-order valence-electron chi connectivity index (χ3n) is 5.33. The second-order valence-electron chi connectivity index (χ2n) is 7.67. The average molecular weight is 458 g/mol. The van der Waals surface area contributed by atoms with Gasteiger partial charge in [0.1, 0.15) is 5.65 Å². The van der Waals surface area contributed by atoms with Gasteiger partial charge < -0.3 is 14.9 Å². The molecular formula is C24H20ClN7O. The van der Waals surface area contributed by atoms with Crippen LogP contribution in [-0.4, -0.2) is 29.5 Å². The first-order chi connectivity index (χ1) is 16.1. The molecule has 0 spiro atoms. The van der Waals surface area contributed by atoms with Crippen LogP contribution in [0.1, 0.15) is 24.1 Å². The summed E-state index contributed by atoms with van der Waals surface area (Å²) in [4.78, 5) is 32.9. The summed E-state index contributed by atoms with van der Waals surface area (Å²) in [6.07, 6.45) is 6.76. The number of nitrogens with one attached hydrogen (secondary N) is 2. The van der Waals surface area contributed by atoms with Gasteiger partial charge in [-0.05, 0) is 30.7 Å². The van der Waals surface area contributed by atoms with Crippen molar-refractivity contribution in [3.05, 3.63) is 100.0 Å². The fourth-order valence-electron chi connectivity index (χ4n) is 3.69. The maximum atomic E-state index is 12.6. The molecule has 4 heterocycles. The highest BCUT2D eigenvalue weighted by molar-refractivity contribution is 6.31. The van der Waals surface area contributed by atoms with E-state index >= 15 is 0 Å². The lowest BCUT2D eigenvalue weighted by Crippen LogP contribution is -2.20. The lowest BCUT2D eigenvalue weighted by molar-refractivity contribution is 0.800. The topological polar surface area (TPSA) is 101 Å². The van der Waals surface area contributed by atoms with Gasteiger partial charge in [-0.3, -0.25) is 4.79 Å². The molecular weight excluding hydrogens is 438 g/mol. The molecule has 8 nitrogen and oxygen atoms in total. The maximum Gasteiger partial charge on any atom is 0.254 e. The largest absolute Gasteiger partial charge is 0.347 e. The van der Waals surface area contributed by atoms with Gasteiger partial charge in [0.15, 0.2) is 0 Å². The van der Waals surface area contributed by atoms with Gasteiger partial charge in [0.2, 0.25) is 5.95 Å². The number of aromatic nitrogens is 6. The first-order valence-electron chi connectivity index (χ1n) is 10.4. The number of hydrogen-bond donors (Lipinski definition) is 2. The number of imidazole rings is 1. The minimum atomic E-state index is -0.346. The third kappa shape index (κ3) is 4.47. The van der Waals surface area contributed by atoms with Crippen LogP contribution >= 0.6 is 11.6 Å². The van der Waals surface area contributed by atoms with Crippen LogP contribution < -0.4 is 10.9 Å². The number of anilines is 1. The predicted molar refractivity (Wildman–Crippen MR) is 128 cm³/mol. The third-order valence-corrected chi connectivity index (χ3v) is 5.53. The second kappa shape index (κ2) is 8.84. The van der Waals surface area contributed by atoms with Crippen molar-refractivity contribution in [1.29, 1.82) is 0 Å². The van der Waals surface area contributed by atoms with Gasteiger partial charge in [0.25, 0.3) is 5.56 Å². The van der Waals surface area contributed by atoms with Gasteiger partial charge in [-0.25, -0.2) is 19.9 Å². The molecule has 5 aromatic rings. The normalized spacial score (nSPS) is 12.1. The number of rotatable bonds is 6. The Morgan fingerprint density at radius 2 is 1.97 bits per heavy atom. The van der Waals surface area contributed by atoms with E-state index in [1.54, 1.807) is 30.9 Å². The van der Waals surface area contributed by atoms with E-state index in [-0.39, 0.29) is 11.6 Å². The number of halogens is 1. The van der Waals surface area contributed by atoms with Crippen LogP contribution in [0.15, 0.2) is 78.2 Å². The zero-order valence-corrected chi connectivity index (χ0v) is 18.5. The summed E-state index contributed by atoms with van der Waals surface area (Å²) in [5.41, 5.74) is 3.58. The molecule has 0 radical (unpaired) electrons. The van der Waals surface area contributed by atoms with Crippen LogP contribution in [0.3, 0.4) is 0 Å². The Morgan fingerprint density at radius 1 is 1.12 bits per heavy atom. The van der Waals surface area contributed by atoms with Gasteiger partial charge >= 0.3 is 0 Å². The number of aromatic amines is 1. The standard InChI is InChI=1S/C24H20ClN7O/c1-15(19-10-17-9-18(25)11-28-22(17)31-23(19)33)29-24-27-8-7-20(30-24)21-12-26-14-32(21)13-16-5-3-2-4-6-16/h2-12,14-15H,13H2,1H3,(H,27,29,30)(H,28,31,33)/t15-/m0/s1. The summed E-state index contributed by atoms with van der Waals surface area (Å²) in [5.74, 6) is 0.413. The average Bonchev–Trinajstić information content (AvgIpc) is 3.28. The SMILES string of the molecule is C[C@H](Nc1nccc(-c2cncn2Cc2ccccc2)n1)c1cc2cc(Cl)cnc2[nH]c1=O. The van der Waals surface area contributed by atoms with Crippen molar-refractivity contribution in [2.75, 3.05) is 5.32 Å². The molecule has 4 aromatic heterocycles. The quantitative estimate of drug-likeness (QED) is 0.390. The lowest BCUT2D eigenvalue weighted by Gasteiger charge is -2.15. The highest BCUT2D eigenvalue weighted by Gasteiger charge is 2.15. The Kier molecular flexibility index (Phi) is 5.58. The Morgan fingerprint density at radius 3 is 2.82 bits per heavy atom.